The quantitative estimate of drug-likeness (QED) is 0.942. The van der Waals surface area contributed by atoms with Crippen molar-refractivity contribution in [1.29, 1.82) is 0 Å². The van der Waals surface area contributed by atoms with Crippen molar-refractivity contribution in [3.63, 3.8) is 0 Å². The summed E-state index contributed by atoms with van der Waals surface area (Å²) in [5.41, 5.74) is 2.21. The molecule has 2 heterocycles. The first kappa shape index (κ1) is 14.8. The average Bonchev–Trinajstić information content (AvgIpc) is 3.06. The highest BCUT2D eigenvalue weighted by atomic mass is 35.5. The van der Waals surface area contributed by atoms with Crippen LogP contribution in [0.15, 0.2) is 30.6 Å². The van der Waals surface area contributed by atoms with Crippen LogP contribution in [0.1, 0.15) is 28.9 Å². The minimum atomic E-state index is -0.0458. The summed E-state index contributed by atoms with van der Waals surface area (Å²) in [4.78, 5) is 22.5. The molecule has 6 heteroatoms. The van der Waals surface area contributed by atoms with E-state index in [9.17, 15) is 4.79 Å². The van der Waals surface area contributed by atoms with Gasteiger partial charge in [-0.1, -0.05) is 17.7 Å². The van der Waals surface area contributed by atoms with Gasteiger partial charge in [-0.2, -0.15) is 0 Å². The van der Waals surface area contributed by atoms with Crippen molar-refractivity contribution >= 4 is 29.0 Å². The number of rotatable bonds is 3. The molecule has 1 amide bonds. The predicted molar refractivity (Wildman–Crippen MR) is 86.6 cm³/mol. The number of nitrogens with one attached hydrogen (secondary N) is 1. The Balaban J connectivity index is 1.74. The fourth-order valence-electron chi connectivity index (χ4n) is 2.47. The summed E-state index contributed by atoms with van der Waals surface area (Å²) in [6.45, 7) is 3.55. The van der Waals surface area contributed by atoms with Crippen LogP contribution in [0.25, 0.3) is 0 Å². The smallest absolute Gasteiger partial charge is 0.274 e. The van der Waals surface area contributed by atoms with Gasteiger partial charge in [-0.05, 0) is 37.5 Å². The van der Waals surface area contributed by atoms with E-state index in [-0.39, 0.29) is 5.91 Å². The Kier molecular flexibility index (Phi) is 4.24. The van der Waals surface area contributed by atoms with Gasteiger partial charge in [0.2, 0.25) is 0 Å². The van der Waals surface area contributed by atoms with Gasteiger partial charge in [-0.3, -0.25) is 4.79 Å². The van der Waals surface area contributed by atoms with E-state index in [4.69, 9.17) is 11.6 Å². The molecule has 2 aromatic rings. The van der Waals surface area contributed by atoms with Gasteiger partial charge in [0.15, 0.2) is 0 Å². The topological polar surface area (TPSA) is 58.1 Å². The van der Waals surface area contributed by atoms with Crippen LogP contribution in [-0.4, -0.2) is 33.9 Å². The van der Waals surface area contributed by atoms with Gasteiger partial charge in [0.25, 0.3) is 5.91 Å². The third-order valence-electron chi connectivity index (χ3n) is 3.79. The van der Waals surface area contributed by atoms with Crippen molar-refractivity contribution in [2.75, 3.05) is 18.4 Å². The number of hydrogen-bond acceptors (Lipinski definition) is 4. The van der Waals surface area contributed by atoms with Gasteiger partial charge < -0.3 is 10.2 Å². The Hall–Kier alpha value is -2.14. The lowest BCUT2D eigenvalue weighted by Gasteiger charge is -2.14. The van der Waals surface area contributed by atoms with Crippen LogP contribution >= 0.6 is 11.6 Å². The molecule has 0 radical (unpaired) electrons. The highest BCUT2D eigenvalue weighted by Crippen LogP contribution is 2.25. The number of hydrogen-bond donors (Lipinski definition) is 1. The molecule has 1 aromatic heterocycles. The van der Waals surface area contributed by atoms with Crippen LogP contribution in [0, 0.1) is 6.92 Å². The molecule has 1 aromatic carbocycles. The van der Waals surface area contributed by atoms with Crippen molar-refractivity contribution in [2.45, 2.75) is 19.8 Å². The van der Waals surface area contributed by atoms with Crippen LogP contribution < -0.4 is 5.32 Å². The second-order valence-corrected chi connectivity index (χ2v) is 5.73. The highest BCUT2D eigenvalue weighted by molar-refractivity contribution is 6.31. The molecule has 1 N–H and O–H groups in total. The Morgan fingerprint density at radius 1 is 1.23 bits per heavy atom. The molecule has 1 fully saturated rings. The molecule has 5 nitrogen and oxygen atoms in total. The van der Waals surface area contributed by atoms with E-state index in [0.29, 0.717) is 16.5 Å². The summed E-state index contributed by atoms with van der Waals surface area (Å²) >= 11 is 6.09. The second kappa shape index (κ2) is 6.32. The van der Waals surface area contributed by atoms with E-state index < -0.39 is 0 Å². The summed E-state index contributed by atoms with van der Waals surface area (Å²) in [5, 5.41) is 3.86. The van der Waals surface area contributed by atoms with Gasteiger partial charge in [-0.15, -0.1) is 0 Å². The zero-order valence-corrected chi connectivity index (χ0v) is 13.1. The first-order chi connectivity index (χ1) is 10.6. The summed E-state index contributed by atoms with van der Waals surface area (Å²) in [6.07, 6.45) is 5.21. The number of aromatic nitrogens is 2. The third kappa shape index (κ3) is 3.04. The number of carbonyl (C=O) groups is 1. The first-order valence-electron chi connectivity index (χ1n) is 7.28. The molecule has 0 aliphatic carbocycles. The molecule has 0 saturated carbocycles. The molecule has 114 valence electrons. The number of benzene rings is 1. The molecule has 0 unspecified atom stereocenters. The standard InChI is InChI=1S/C16H17ClN4O/c1-11-12(17)5-4-6-13(11)20-15-10-18-14(9-19-15)16(22)21-7-2-3-8-21/h4-6,9-10H,2-3,7-8H2,1H3,(H,19,20). The highest BCUT2D eigenvalue weighted by Gasteiger charge is 2.20. The number of anilines is 2. The number of halogens is 1. The van der Waals surface area contributed by atoms with E-state index in [1.54, 1.807) is 6.20 Å². The lowest BCUT2D eigenvalue weighted by molar-refractivity contribution is 0.0786. The molecule has 1 saturated heterocycles. The van der Waals surface area contributed by atoms with Crippen molar-refractivity contribution in [2.24, 2.45) is 0 Å². The molecular formula is C16H17ClN4O. The van der Waals surface area contributed by atoms with E-state index >= 15 is 0 Å². The molecule has 0 spiro atoms. The van der Waals surface area contributed by atoms with Crippen LogP contribution in [0.5, 0.6) is 0 Å². The van der Waals surface area contributed by atoms with Crippen molar-refractivity contribution in [1.82, 2.24) is 14.9 Å². The molecule has 0 bridgehead atoms. The SMILES string of the molecule is Cc1c(Cl)cccc1Nc1cnc(C(=O)N2CCCC2)cn1. The van der Waals surface area contributed by atoms with E-state index in [0.717, 1.165) is 37.2 Å². The number of likely N-dealkylation sites (tertiary alicyclic amines) is 1. The maximum atomic E-state index is 12.2. The van der Waals surface area contributed by atoms with Crippen molar-refractivity contribution in [3.8, 4) is 0 Å². The maximum absolute atomic E-state index is 12.2. The van der Waals surface area contributed by atoms with E-state index in [1.165, 1.54) is 6.20 Å². The summed E-state index contributed by atoms with van der Waals surface area (Å²) in [6, 6.07) is 5.63. The molecule has 22 heavy (non-hydrogen) atoms. The lowest BCUT2D eigenvalue weighted by Crippen LogP contribution is -2.28. The third-order valence-corrected chi connectivity index (χ3v) is 4.20. The Morgan fingerprint density at radius 3 is 2.68 bits per heavy atom. The fourth-order valence-corrected chi connectivity index (χ4v) is 2.64. The number of carbonyl (C=O) groups excluding carboxylic acids is 1. The molecule has 1 aliphatic rings. The van der Waals surface area contributed by atoms with Gasteiger partial charge in [-0.25, -0.2) is 9.97 Å². The van der Waals surface area contributed by atoms with E-state index in [1.807, 2.05) is 30.0 Å². The van der Waals surface area contributed by atoms with Crippen LogP contribution in [0.4, 0.5) is 11.5 Å². The largest absolute Gasteiger partial charge is 0.339 e. The lowest BCUT2D eigenvalue weighted by atomic mass is 10.2. The number of amides is 1. The minimum Gasteiger partial charge on any atom is -0.339 e. The Morgan fingerprint density at radius 2 is 2.00 bits per heavy atom. The monoisotopic (exact) mass is 316 g/mol. The van der Waals surface area contributed by atoms with Gasteiger partial charge in [0.1, 0.15) is 11.5 Å². The predicted octanol–water partition coefficient (Wildman–Crippen LogP) is 3.42. The molecule has 0 atom stereocenters. The average molecular weight is 317 g/mol. The summed E-state index contributed by atoms with van der Waals surface area (Å²) in [5.74, 6) is 0.541. The Bertz CT molecular complexity index is 681. The van der Waals surface area contributed by atoms with Gasteiger partial charge >= 0.3 is 0 Å². The number of nitrogens with zero attached hydrogens (tertiary/aromatic N) is 3. The summed E-state index contributed by atoms with van der Waals surface area (Å²) < 4.78 is 0. The zero-order chi connectivity index (χ0) is 15.5. The molecular weight excluding hydrogens is 300 g/mol. The van der Waals surface area contributed by atoms with Crippen LogP contribution in [0.2, 0.25) is 5.02 Å². The zero-order valence-electron chi connectivity index (χ0n) is 12.3. The molecule has 3 rings (SSSR count). The summed E-state index contributed by atoms with van der Waals surface area (Å²) in [7, 11) is 0. The van der Waals surface area contributed by atoms with Crippen LogP contribution in [-0.2, 0) is 0 Å². The van der Waals surface area contributed by atoms with Crippen molar-refractivity contribution < 1.29 is 4.79 Å². The Labute approximate surface area is 134 Å². The van der Waals surface area contributed by atoms with E-state index in [2.05, 4.69) is 15.3 Å². The molecule has 1 aliphatic heterocycles. The van der Waals surface area contributed by atoms with Crippen molar-refractivity contribution in [3.05, 3.63) is 46.9 Å². The second-order valence-electron chi connectivity index (χ2n) is 5.32. The first-order valence-corrected chi connectivity index (χ1v) is 7.66. The normalized spacial score (nSPS) is 14.2. The minimum absolute atomic E-state index is 0.0458. The maximum Gasteiger partial charge on any atom is 0.274 e. The van der Waals surface area contributed by atoms with Crippen LogP contribution in [0.3, 0.4) is 0 Å². The fraction of sp³-hybridized carbons (Fsp3) is 0.312. The van der Waals surface area contributed by atoms with Gasteiger partial charge in [0.05, 0.1) is 12.4 Å². The van der Waals surface area contributed by atoms with Gasteiger partial charge in [0, 0.05) is 23.8 Å².